The second-order valence-electron chi connectivity index (χ2n) is 5.33. The van der Waals surface area contributed by atoms with E-state index in [1.54, 1.807) is 19.3 Å². The highest BCUT2D eigenvalue weighted by Crippen LogP contribution is 2.32. The van der Waals surface area contributed by atoms with Crippen LogP contribution in [0.5, 0.6) is 5.75 Å². The van der Waals surface area contributed by atoms with Crippen LogP contribution in [0, 0.1) is 11.3 Å². The van der Waals surface area contributed by atoms with Gasteiger partial charge in [0.1, 0.15) is 16.8 Å². The highest BCUT2D eigenvalue weighted by Gasteiger charge is 2.12. The van der Waals surface area contributed by atoms with Crippen LogP contribution in [0.4, 0.5) is 0 Å². The Kier molecular flexibility index (Phi) is 3.92. The smallest absolute Gasteiger partial charge is 0.176 e. The molecular formula is C19H11ClN2O2S. The number of benzene rings is 2. The molecule has 0 bridgehead atoms. The summed E-state index contributed by atoms with van der Waals surface area (Å²) in [6, 6.07) is 15.2. The van der Waals surface area contributed by atoms with Crippen LogP contribution in [0.2, 0.25) is 5.02 Å². The average Bonchev–Trinajstić information content (AvgIpc) is 3.21. The molecule has 0 aliphatic carbocycles. The summed E-state index contributed by atoms with van der Waals surface area (Å²) in [5, 5.41) is 11.7. The lowest BCUT2D eigenvalue weighted by Gasteiger charge is -1.98. The average molecular weight is 367 g/mol. The summed E-state index contributed by atoms with van der Waals surface area (Å²) in [7, 11) is 1.60. The molecule has 0 fully saturated rings. The van der Waals surface area contributed by atoms with Crippen molar-refractivity contribution in [3.05, 3.63) is 58.3 Å². The molecule has 0 radical (unpaired) electrons. The Labute approximate surface area is 152 Å². The van der Waals surface area contributed by atoms with Gasteiger partial charge in [0, 0.05) is 16.5 Å². The van der Waals surface area contributed by atoms with E-state index < -0.39 is 0 Å². The van der Waals surface area contributed by atoms with E-state index >= 15 is 0 Å². The lowest BCUT2D eigenvalue weighted by molar-refractivity contribution is 0.410. The summed E-state index contributed by atoms with van der Waals surface area (Å²) in [4.78, 5) is 4.51. The first-order chi connectivity index (χ1) is 12.2. The molecule has 0 N–H and O–H groups in total. The molecule has 0 unspecified atom stereocenters. The van der Waals surface area contributed by atoms with Gasteiger partial charge < -0.3 is 9.15 Å². The predicted molar refractivity (Wildman–Crippen MR) is 101 cm³/mol. The molecule has 0 aliphatic heterocycles. The van der Waals surface area contributed by atoms with Crippen LogP contribution in [0.25, 0.3) is 32.8 Å². The summed E-state index contributed by atoms with van der Waals surface area (Å²) in [5.41, 5.74) is 1.87. The normalized spacial score (nSPS) is 11.8. The zero-order valence-electron chi connectivity index (χ0n) is 13.1. The van der Waals surface area contributed by atoms with Gasteiger partial charge in [0.2, 0.25) is 0 Å². The molecule has 4 aromatic rings. The van der Waals surface area contributed by atoms with Gasteiger partial charge in [-0.1, -0.05) is 23.7 Å². The van der Waals surface area contributed by atoms with Gasteiger partial charge in [0.15, 0.2) is 11.3 Å². The third-order valence-electron chi connectivity index (χ3n) is 3.73. The first-order valence-corrected chi connectivity index (χ1v) is 8.62. The minimum absolute atomic E-state index is 0.440. The maximum atomic E-state index is 9.55. The largest absolute Gasteiger partial charge is 0.493 e. The van der Waals surface area contributed by atoms with E-state index in [2.05, 4.69) is 11.1 Å². The number of rotatable bonds is 3. The predicted octanol–water partition coefficient (Wildman–Crippen LogP) is 5.77. The topological polar surface area (TPSA) is 59.0 Å². The van der Waals surface area contributed by atoms with E-state index in [4.69, 9.17) is 20.8 Å². The SMILES string of the molecule is COc1cccc2cc(/C=C(/C#N)c3nc4cc(Cl)ccc4s3)oc12. The van der Waals surface area contributed by atoms with Crippen molar-refractivity contribution in [3.63, 3.8) is 0 Å². The van der Waals surface area contributed by atoms with Crippen LogP contribution >= 0.6 is 22.9 Å². The van der Waals surface area contributed by atoms with Gasteiger partial charge in [0.25, 0.3) is 0 Å². The third-order valence-corrected chi connectivity index (χ3v) is 5.04. The van der Waals surface area contributed by atoms with Gasteiger partial charge in [-0.3, -0.25) is 0 Å². The molecule has 2 aromatic carbocycles. The van der Waals surface area contributed by atoms with Crippen molar-refractivity contribution < 1.29 is 9.15 Å². The summed E-state index contributed by atoms with van der Waals surface area (Å²) < 4.78 is 12.1. The Morgan fingerprint density at radius 2 is 2.20 bits per heavy atom. The zero-order chi connectivity index (χ0) is 17.4. The first kappa shape index (κ1) is 15.7. The molecule has 6 heteroatoms. The number of para-hydroxylation sites is 1. The Morgan fingerprint density at radius 1 is 1.32 bits per heavy atom. The molecule has 0 amide bonds. The molecule has 0 spiro atoms. The van der Waals surface area contributed by atoms with E-state index in [0.29, 0.717) is 32.7 Å². The second kappa shape index (κ2) is 6.25. The Balaban J connectivity index is 1.81. The van der Waals surface area contributed by atoms with Crippen LogP contribution in [0.3, 0.4) is 0 Å². The van der Waals surface area contributed by atoms with Gasteiger partial charge in [0.05, 0.1) is 22.9 Å². The monoisotopic (exact) mass is 366 g/mol. The van der Waals surface area contributed by atoms with Gasteiger partial charge in [-0.25, -0.2) is 4.98 Å². The molecule has 25 heavy (non-hydrogen) atoms. The van der Waals surface area contributed by atoms with Crippen molar-refractivity contribution in [3.8, 4) is 11.8 Å². The number of nitrogens with zero attached hydrogens (tertiary/aromatic N) is 2. The molecule has 0 aliphatic rings. The van der Waals surface area contributed by atoms with Crippen LogP contribution in [0.15, 0.2) is 46.9 Å². The molecular weight excluding hydrogens is 356 g/mol. The summed E-state index contributed by atoms with van der Waals surface area (Å²) in [5.74, 6) is 1.23. The maximum Gasteiger partial charge on any atom is 0.176 e. The van der Waals surface area contributed by atoms with Gasteiger partial charge in [-0.05, 0) is 30.3 Å². The highest BCUT2D eigenvalue weighted by molar-refractivity contribution is 7.19. The van der Waals surface area contributed by atoms with Crippen molar-refractivity contribution in [2.24, 2.45) is 0 Å². The number of aromatic nitrogens is 1. The fourth-order valence-electron chi connectivity index (χ4n) is 2.59. The van der Waals surface area contributed by atoms with Crippen molar-refractivity contribution >= 4 is 55.8 Å². The quantitative estimate of drug-likeness (QED) is 0.432. The number of halogens is 1. The standard InChI is InChI=1S/C19H11ClN2O2S/c1-23-16-4-2-3-11-7-14(24-18(11)16)8-12(10-21)19-22-15-9-13(20)5-6-17(15)25-19/h2-9H,1H3/b12-8-. The highest BCUT2D eigenvalue weighted by atomic mass is 35.5. The lowest BCUT2D eigenvalue weighted by Crippen LogP contribution is -1.81. The summed E-state index contributed by atoms with van der Waals surface area (Å²) >= 11 is 7.45. The van der Waals surface area contributed by atoms with Crippen molar-refractivity contribution in [2.75, 3.05) is 7.11 Å². The lowest BCUT2D eigenvalue weighted by atomic mass is 10.2. The number of nitriles is 1. The molecule has 4 rings (SSSR count). The number of methoxy groups -OCH3 is 1. The van der Waals surface area contributed by atoms with Crippen molar-refractivity contribution in [1.29, 1.82) is 5.26 Å². The van der Waals surface area contributed by atoms with E-state index in [-0.39, 0.29) is 0 Å². The zero-order valence-corrected chi connectivity index (χ0v) is 14.7. The Hall–Kier alpha value is -2.81. The van der Waals surface area contributed by atoms with E-state index in [0.717, 1.165) is 15.6 Å². The number of hydrogen-bond donors (Lipinski definition) is 0. The minimum Gasteiger partial charge on any atom is -0.493 e. The number of furan rings is 1. The fraction of sp³-hybridized carbons (Fsp3) is 0.0526. The number of fused-ring (bicyclic) bond motifs is 2. The fourth-order valence-corrected chi connectivity index (χ4v) is 3.67. The molecule has 122 valence electrons. The van der Waals surface area contributed by atoms with Gasteiger partial charge >= 0.3 is 0 Å². The van der Waals surface area contributed by atoms with E-state index in [9.17, 15) is 5.26 Å². The van der Waals surface area contributed by atoms with E-state index in [1.165, 1.54) is 11.3 Å². The van der Waals surface area contributed by atoms with Crippen molar-refractivity contribution in [2.45, 2.75) is 0 Å². The Morgan fingerprint density at radius 3 is 3.00 bits per heavy atom. The van der Waals surface area contributed by atoms with Crippen LogP contribution in [0.1, 0.15) is 10.8 Å². The number of thiazole rings is 1. The Bertz CT molecular complexity index is 1170. The molecule has 2 aromatic heterocycles. The van der Waals surface area contributed by atoms with Crippen LogP contribution in [-0.4, -0.2) is 12.1 Å². The number of hydrogen-bond acceptors (Lipinski definition) is 5. The van der Waals surface area contributed by atoms with Crippen LogP contribution in [-0.2, 0) is 0 Å². The second-order valence-corrected chi connectivity index (χ2v) is 6.80. The van der Waals surface area contributed by atoms with Crippen molar-refractivity contribution in [1.82, 2.24) is 4.98 Å². The number of ether oxygens (including phenoxy) is 1. The maximum absolute atomic E-state index is 9.55. The third kappa shape index (κ3) is 2.86. The minimum atomic E-state index is 0.440. The summed E-state index contributed by atoms with van der Waals surface area (Å²) in [6.45, 7) is 0. The number of allylic oxidation sites excluding steroid dienone is 1. The summed E-state index contributed by atoms with van der Waals surface area (Å²) in [6.07, 6.45) is 1.69. The van der Waals surface area contributed by atoms with Gasteiger partial charge in [-0.2, -0.15) is 5.26 Å². The molecule has 0 saturated heterocycles. The van der Waals surface area contributed by atoms with E-state index in [1.807, 2.05) is 36.4 Å². The van der Waals surface area contributed by atoms with Crippen LogP contribution < -0.4 is 4.74 Å². The first-order valence-electron chi connectivity index (χ1n) is 7.43. The molecule has 2 heterocycles. The van der Waals surface area contributed by atoms with Gasteiger partial charge in [-0.15, -0.1) is 11.3 Å². The molecule has 4 nitrogen and oxygen atoms in total. The molecule has 0 saturated carbocycles. The molecule has 0 atom stereocenters.